The van der Waals surface area contributed by atoms with Crippen molar-refractivity contribution in [2.75, 3.05) is 39.8 Å². The van der Waals surface area contributed by atoms with Crippen molar-refractivity contribution in [3.05, 3.63) is 0 Å². The van der Waals surface area contributed by atoms with E-state index in [1.165, 1.54) is 0 Å². The van der Waals surface area contributed by atoms with E-state index in [4.69, 9.17) is 4.74 Å². The number of nitrogens with zero attached hydrogens (tertiary/aromatic N) is 2. The monoisotopic (exact) mass is 258 g/mol. The minimum absolute atomic E-state index is 0.0163. The normalized spacial score (nSPS) is 20.8. The summed E-state index contributed by atoms with van der Waals surface area (Å²) in [5.74, 6) is 0.167. The van der Waals surface area contributed by atoms with Crippen LogP contribution in [0.5, 0.6) is 0 Å². The minimum atomic E-state index is -0.249. The Morgan fingerprint density at radius 2 is 1.94 bits per heavy atom. The third-order valence-electron chi connectivity index (χ3n) is 3.53. The zero-order chi connectivity index (χ0) is 13.5. The lowest BCUT2D eigenvalue weighted by Crippen LogP contribution is -2.50. The number of amides is 1. The highest BCUT2D eigenvalue weighted by Crippen LogP contribution is 2.07. The summed E-state index contributed by atoms with van der Waals surface area (Å²) < 4.78 is 5.11. The molecule has 0 radical (unpaired) electrons. The smallest absolute Gasteiger partial charge is 0.225 e. The van der Waals surface area contributed by atoms with Gasteiger partial charge in [0.05, 0.1) is 18.6 Å². The van der Waals surface area contributed by atoms with Gasteiger partial charge in [-0.1, -0.05) is 6.92 Å². The second kappa shape index (κ2) is 7.71. The van der Waals surface area contributed by atoms with Crippen molar-refractivity contribution in [3.8, 4) is 0 Å². The predicted molar refractivity (Wildman–Crippen MR) is 70.4 cm³/mol. The summed E-state index contributed by atoms with van der Waals surface area (Å²) in [6.07, 6.45) is 0.969. The summed E-state index contributed by atoms with van der Waals surface area (Å²) in [6, 6.07) is 0. The molecule has 0 aliphatic carbocycles. The zero-order valence-corrected chi connectivity index (χ0v) is 11.8. The number of carbonyl (C=O) groups excluding carboxylic acids is 1. The van der Waals surface area contributed by atoms with Crippen molar-refractivity contribution < 1.29 is 14.6 Å². The number of methoxy groups -OCH3 is 1. The summed E-state index contributed by atoms with van der Waals surface area (Å²) >= 11 is 0. The first-order chi connectivity index (χ1) is 8.56. The van der Waals surface area contributed by atoms with Crippen LogP contribution in [-0.2, 0) is 9.53 Å². The van der Waals surface area contributed by atoms with Crippen LogP contribution in [0.3, 0.4) is 0 Å². The van der Waals surface area contributed by atoms with Gasteiger partial charge in [0.2, 0.25) is 5.91 Å². The van der Waals surface area contributed by atoms with Crippen LogP contribution < -0.4 is 0 Å². The number of piperazine rings is 1. The predicted octanol–water partition coefficient (Wildman–Crippen LogP) is 0.327. The standard InChI is InChI=1S/C13H26N2O3/c1-4-12(16)10-14-5-7-15(8-6-14)13(17)9-11(2)18-3/h11-12,16H,4-10H2,1-3H3/t11-,12-/m1/s1. The molecule has 1 amide bonds. The Morgan fingerprint density at radius 1 is 1.33 bits per heavy atom. The third kappa shape index (κ3) is 4.92. The topological polar surface area (TPSA) is 53.0 Å². The van der Waals surface area contributed by atoms with Crippen molar-refractivity contribution in [2.45, 2.75) is 38.9 Å². The van der Waals surface area contributed by atoms with Gasteiger partial charge in [-0.15, -0.1) is 0 Å². The van der Waals surface area contributed by atoms with E-state index >= 15 is 0 Å². The molecule has 2 atom stereocenters. The van der Waals surface area contributed by atoms with Crippen LogP contribution in [-0.4, -0.2) is 72.9 Å². The first kappa shape index (κ1) is 15.4. The summed E-state index contributed by atoms with van der Waals surface area (Å²) in [7, 11) is 1.63. The molecule has 1 heterocycles. The Labute approximate surface area is 110 Å². The van der Waals surface area contributed by atoms with E-state index in [2.05, 4.69) is 4.90 Å². The van der Waals surface area contributed by atoms with Crippen molar-refractivity contribution in [3.63, 3.8) is 0 Å². The van der Waals surface area contributed by atoms with Crippen LogP contribution in [0.15, 0.2) is 0 Å². The Bertz CT molecular complexity index is 253. The minimum Gasteiger partial charge on any atom is -0.392 e. The molecule has 1 aliphatic rings. The fourth-order valence-electron chi connectivity index (χ4n) is 2.07. The molecule has 1 fully saturated rings. The maximum Gasteiger partial charge on any atom is 0.225 e. The zero-order valence-electron chi connectivity index (χ0n) is 11.8. The molecule has 1 rings (SSSR count). The molecule has 0 spiro atoms. The lowest BCUT2D eigenvalue weighted by atomic mass is 10.2. The lowest BCUT2D eigenvalue weighted by Gasteiger charge is -2.35. The molecule has 0 aromatic carbocycles. The van der Waals surface area contributed by atoms with E-state index in [-0.39, 0.29) is 18.1 Å². The van der Waals surface area contributed by atoms with E-state index in [9.17, 15) is 9.90 Å². The first-order valence-corrected chi connectivity index (χ1v) is 6.77. The van der Waals surface area contributed by atoms with Crippen LogP contribution in [0.4, 0.5) is 0 Å². The van der Waals surface area contributed by atoms with Crippen molar-refractivity contribution >= 4 is 5.91 Å². The molecule has 0 aromatic rings. The van der Waals surface area contributed by atoms with E-state index in [1.54, 1.807) is 7.11 Å². The largest absolute Gasteiger partial charge is 0.392 e. The Balaban J connectivity index is 2.28. The van der Waals surface area contributed by atoms with E-state index in [0.717, 1.165) is 32.6 Å². The van der Waals surface area contributed by atoms with Crippen molar-refractivity contribution in [1.29, 1.82) is 0 Å². The van der Waals surface area contributed by atoms with Crippen LogP contribution >= 0.6 is 0 Å². The highest BCUT2D eigenvalue weighted by Gasteiger charge is 2.22. The molecule has 1 aliphatic heterocycles. The summed E-state index contributed by atoms with van der Waals surface area (Å²) in [4.78, 5) is 16.0. The molecule has 0 aromatic heterocycles. The molecular formula is C13H26N2O3. The maximum atomic E-state index is 11.9. The molecule has 1 N–H and O–H groups in total. The van der Waals surface area contributed by atoms with Gasteiger partial charge in [-0.3, -0.25) is 9.69 Å². The van der Waals surface area contributed by atoms with Gasteiger partial charge >= 0.3 is 0 Å². The van der Waals surface area contributed by atoms with E-state index in [0.29, 0.717) is 13.0 Å². The van der Waals surface area contributed by atoms with Crippen LogP contribution in [0.2, 0.25) is 0 Å². The average molecular weight is 258 g/mol. The fourth-order valence-corrected chi connectivity index (χ4v) is 2.07. The Morgan fingerprint density at radius 3 is 2.44 bits per heavy atom. The first-order valence-electron chi connectivity index (χ1n) is 6.77. The quantitative estimate of drug-likeness (QED) is 0.746. The highest BCUT2D eigenvalue weighted by molar-refractivity contribution is 5.76. The molecule has 0 saturated carbocycles. The number of carbonyl (C=O) groups is 1. The van der Waals surface area contributed by atoms with Crippen LogP contribution in [0.25, 0.3) is 0 Å². The van der Waals surface area contributed by atoms with Gasteiger partial charge in [-0.2, -0.15) is 0 Å². The van der Waals surface area contributed by atoms with Crippen molar-refractivity contribution in [1.82, 2.24) is 9.80 Å². The molecule has 5 nitrogen and oxygen atoms in total. The average Bonchev–Trinajstić information content (AvgIpc) is 2.39. The third-order valence-corrected chi connectivity index (χ3v) is 3.53. The van der Waals surface area contributed by atoms with Crippen LogP contribution in [0, 0.1) is 0 Å². The van der Waals surface area contributed by atoms with E-state index in [1.807, 2.05) is 18.7 Å². The lowest BCUT2D eigenvalue weighted by molar-refractivity contribution is -0.135. The van der Waals surface area contributed by atoms with Crippen LogP contribution in [0.1, 0.15) is 26.7 Å². The summed E-state index contributed by atoms with van der Waals surface area (Å²) in [5, 5.41) is 9.60. The van der Waals surface area contributed by atoms with E-state index < -0.39 is 0 Å². The molecule has 106 valence electrons. The second-order valence-corrected chi connectivity index (χ2v) is 4.99. The molecule has 0 unspecified atom stereocenters. The SMILES string of the molecule is CC[C@@H](O)CN1CCN(C(=O)C[C@@H](C)OC)CC1. The number of β-amino-alcohol motifs (C(OH)–C–C–N with tert-alkyl or cyclic N) is 1. The van der Waals surface area contributed by atoms with Gasteiger partial charge in [-0.25, -0.2) is 0 Å². The number of hydrogen-bond donors (Lipinski definition) is 1. The molecule has 18 heavy (non-hydrogen) atoms. The Kier molecular flexibility index (Phi) is 6.60. The Hall–Kier alpha value is -0.650. The summed E-state index contributed by atoms with van der Waals surface area (Å²) in [6.45, 7) is 7.82. The molecular weight excluding hydrogens is 232 g/mol. The van der Waals surface area contributed by atoms with Gasteiger partial charge in [-0.05, 0) is 13.3 Å². The van der Waals surface area contributed by atoms with Gasteiger partial charge in [0.25, 0.3) is 0 Å². The molecule has 1 saturated heterocycles. The van der Waals surface area contributed by atoms with Gasteiger partial charge in [0.15, 0.2) is 0 Å². The number of aliphatic hydroxyl groups is 1. The van der Waals surface area contributed by atoms with Crippen molar-refractivity contribution in [2.24, 2.45) is 0 Å². The summed E-state index contributed by atoms with van der Waals surface area (Å²) in [5.41, 5.74) is 0. The maximum absolute atomic E-state index is 11.9. The molecule has 5 heteroatoms. The highest BCUT2D eigenvalue weighted by atomic mass is 16.5. The van der Waals surface area contributed by atoms with Gasteiger partial charge in [0.1, 0.15) is 0 Å². The number of hydrogen-bond acceptors (Lipinski definition) is 4. The number of aliphatic hydroxyl groups excluding tert-OH is 1. The van der Waals surface area contributed by atoms with Gasteiger partial charge < -0.3 is 14.7 Å². The number of ether oxygens (including phenoxy) is 1. The number of rotatable bonds is 6. The fraction of sp³-hybridized carbons (Fsp3) is 0.923. The molecule has 0 bridgehead atoms. The van der Waals surface area contributed by atoms with Gasteiger partial charge in [0, 0.05) is 39.8 Å². The second-order valence-electron chi connectivity index (χ2n) is 4.99.